The smallest absolute Gasteiger partial charge is 0.338 e. The number of ether oxygens (including phenoxy) is 1. The molecule has 2 rings (SSSR count). The molecule has 0 saturated heterocycles. The number of carbonyl (C=O) groups is 2. The Morgan fingerprint density at radius 2 is 1.70 bits per heavy atom. The zero-order chi connectivity index (χ0) is 19.6. The Kier molecular flexibility index (Phi) is 7.73. The van der Waals surface area contributed by atoms with E-state index in [0.717, 1.165) is 31.7 Å². The number of rotatable bonds is 9. The first kappa shape index (κ1) is 20.4. The van der Waals surface area contributed by atoms with Crippen molar-refractivity contribution < 1.29 is 14.3 Å². The van der Waals surface area contributed by atoms with Gasteiger partial charge in [-0.25, -0.2) is 14.8 Å². The Morgan fingerprint density at radius 1 is 1.04 bits per heavy atom. The molecular formula is C20H26N4O3. The highest BCUT2D eigenvalue weighted by Gasteiger charge is 2.13. The van der Waals surface area contributed by atoms with Gasteiger partial charge in [0.25, 0.3) is 5.91 Å². The number of hydrogen-bond donors (Lipinski definition) is 1. The predicted molar refractivity (Wildman–Crippen MR) is 105 cm³/mol. The van der Waals surface area contributed by atoms with E-state index in [1.165, 1.54) is 6.33 Å². The van der Waals surface area contributed by atoms with Crippen LogP contribution < -0.4 is 10.2 Å². The fourth-order valence-electron chi connectivity index (χ4n) is 2.62. The third-order valence-corrected chi connectivity index (χ3v) is 3.85. The van der Waals surface area contributed by atoms with Gasteiger partial charge in [-0.15, -0.1) is 0 Å². The summed E-state index contributed by atoms with van der Waals surface area (Å²) in [7, 11) is 0. The van der Waals surface area contributed by atoms with Gasteiger partial charge in [0.2, 0.25) is 0 Å². The monoisotopic (exact) mass is 370 g/mol. The summed E-state index contributed by atoms with van der Waals surface area (Å²) in [6.45, 7) is 8.04. The van der Waals surface area contributed by atoms with Crippen molar-refractivity contribution in [3.8, 4) is 0 Å². The van der Waals surface area contributed by atoms with Gasteiger partial charge in [-0.1, -0.05) is 13.8 Å². The van der Waals surface area contributed by atoms with Crippen LogP contribution in [0.3, 0.4) is 0 Å². The van der Waals surface area contributed by atoms with E-state index in [-0.39, 0.29) is 11.9 Å². The van der Waals surface area contributed by atoms with E-state index in [4.69, 9.17) is 4.74 Å². The number of hydrogen-bond acceptors (Lipinski definition) is 6. The summed E-state index contributed by atoms with van der Waals surface area (Å²) in [6, 6.07) is 8.25. The molecular weight excluding hydrogens is 344 g/mol. The summed E-state index contributed by atoms with van der Waals surface area (Å²) in [5.41, 5.74) is 1.31. The number of anilines is 2. The maximum atomic E-state index is 12.5. The zero-order valence-corrected chi connectivity index (χ0v) is 16.1. The van der Waals surface area contributed by atoms with E-state index < -0.39 is 0 Å². The minimum atomic E-state index is -0.386. The van der Waals surface area contributed by atoms with Crippen molar-refractivity contribution in [1.29, 1.82) is 0 Å². The lowest BCUT2D eigenvalue weighted by Gasteiger charge is -2.22. The van der Waals surface area contributed by atoms with Crippen LogP contribution in [0.25, 0.3) is 0 Å². The van der Waals surface area contributed by atoms with Crippen LogP contribution in [0.5, 0.6) is 0 Å². The largest absolute Gasteiger partial charge is 0.462 e. The molecule has 2 aromatic rings. The number of nitrogens with zero attached hydrogens (tertiary/aromatic N) is 3. The zero-order valence-electron chi connectivity index (χ0n) is 16.1. The first-order chi connectivity index (χ1) is 13.1. The van der Waals surface area contributed by atoms with E-state index in [1.807, 2.05) is 0 Å². The fraction of sp³-hybridized carbons (Fsp3) is 0.400. The van der Waals surface area contributed by atoms with Crippen LogP contribution in [0.15, 0.2) is 36.7 Å². The van der Waals surface area contributed by atoms with Gasteiger partial charge in [0.1, 0.15) is 17.8 Å². The van der Waals surface area contributed by atoms with Gasteiger partial charge in [-0.3, -0.25) is 4.79 Å². The van der Waals surface area contributed by atoms with Crippen molar-refractivity contribution in [3.05, 3.63) is 47.9 Å². The first-order valence-electron chi connectivity index (χ1n) is 9.24. The van der Waals surface area contributed by atoms with E-state index >= 15 is 0 Å². The number of benzene rings is 1. The second kappa shape index (κ2) is 10.3. The van der Waals surface area contributed by atoms with Gasteiger partial charge >= 0.3 is 5.97 Å². The Balaban J connectivity index is 2.09. The highest BCUT2D eigenvalue weighted by Crippen LogP contribution is 2.15. The molecule has 1 heterocycles. The highest BCUT2D eigenvalue weighted by molar-refractivity contribution is 6.03. The lowest BCUT2D eigenvalue weighted by molar-refractivity contribution is 0.0526. The Hall–Kier alpha value is -2.96. The van der Waals surface area contributed by atoms with Crippen molar-refractivity contribution >= 4 is 23.4 Å². The molecule has 144 valence electrons. The SMILES string of the molecule is CCCN(CCC)c1cc(C(=O)Nc2ccc(C(=O)OCC)cc2)ncn1. The average Bonchev–Trinajstić information content (AvgIpc) is 2.68. The molecule has 1 amide bonds. The van der Waals surface area contributed by atoms with Gasteiger partial charge in [0, 0.05) is 24.8 Å². The lowest BCUT2D eigenvalue weighted by atomic mass is 10.2. The lowest BCUT2D eigenvalue weighted by Crippen LogP contribution is -2.26. The molecule has 7 heteroatoms. The molecule has 1 aromatic heterocycles. The molecule has 0 atom stereocenters. The molecule has 0 aliphatic carbocycles. The standard InChI is InChI=1S/C20H26N4O3/c1-4-11-24(12-5-2)18-13-17(21-14-22-18)19(25)23-16-9-7-15(8-10-16)20(26)27-6-3/h7-10,13-14H,4-6,11-12H2,1-3H3,(H,23,25). The fourth-order valence-corrected chi connectivity index (χ4v) is 2.62. The summed E-state index contributed by atoms with van der Waals surface area (Å²) in [4.78, 5) is 34.7. The van der Waals surface area contributed by atoms with Crippen LogP contribution in [0.4, 0.5) is 11.5 Å². The molecule has 0 bridgehead atoms. The van der Waals surface area contributed by atoms with Crippen molar-refractivity contribution in [1.82, 2.24) is 9.97 Å². The van der Waals surface area contributed by atoms with Crippen LogP contribution >= 0.6 is 0 Å². The van der Waals surface area contributed by atoms with Gasteiger partial charge in [0.15, 0.2) is 0 Å². The van der Waals surface area contributed by atoms with Crippen LogP contribution in [0.2, 0.25) is 0 Å². The summed E-state index contributed by atoms with van der Waals surface area (Å²) in [6.07, 6.45) is 3.41. The molecule has 0 aliphatic rings. The Morgan fingerprint density at radius 3 is 2.30 bits per heavy atom. The molecule has 0 spiro atoms. The van der Waals surface area contributed by atoms with Crippen molar-refractivity contribution in [2.75, 3.05) is 29.9 Å². The molecule has 27 heavy (non-hydrogen) atoms. The van der Waals surface area contributed by atoms with Gasteiger partial charge in [-0.05, 0) is 44.0 Å². The van der Waals surface area contributed by atoms with Crippen LogP contribution in [-0.4, -0.2) is 41.5 Å². The first-order valence-corrected chi connectivity index (χ1v) is 9.24. The minimum absolute atomic E-state index is 0.298. The second-order valence-electron chi connectivity index (χ2n) is 6.00. The second-order valence-corrected chi connectivity index (χ2v) is 6.00. The molecule has 1 aromatic carbocycles. The summed E-state index contributed by atoms with van der Waals surface area (Å²) in [5.74, 6) is 0.0368. The molecule has 0 unspecified atom stereocenters. The van der Waals surface area contributed by atoms with E-state index in [2.05, 4.69) is 34.0 Å². The Labute approximate surface area is 159 Å². The van der Waals surface area contributed by atoms with E-state index in [9.17, 15) is 9.59 Å². The van der Waals surface area contributed by atoms with E-state index in [0.29, 0.717) is 23.6 Å². The highest BCUT2D eigenvalue weighted by atomic mass is 16.5. The summed E-state index contributed by atoms with van der Waals surface area (Å²) >= 11 is 0. The third-order valence-electron chi connectivity index (χ3n) is 3.85. The third kappa shape index (κ3) is 5.77. The maximum Gasteiger partial charge on any atom is 0.338 e. The number of amides is 1. The normalized spacial score (nSPS) is 10.3. The van der Waals surface area contributed by atoms with Gasteiger partial charge in [-0.2, -0.15) is 0 Å². The van der Waals surface area contributed by atoms with E-state index in [1.54, 1.807) is 37.3 Å². The van der Waals surface area contributed by atoms with Gasteiger partial charge < -0.3 is 15.0 Å². The minimum Gasteiger partial charge on any atom is -0.462 e. The van der Waals surface area contributed by atoms with Crippen molar-refractivity contribution in [2.24, 2.45) is 0 Å². The number of esters is 1. The molecule has 0 saturated carbocycles. The van der Waals surface area contributed by atoms with Crippen LogP contribution in [0.1, 0.15) is 54.5 Å². The number of carbonyl (C=O) groups excluding carboxylic acids is 2. The number of nitrogens with one attached hydrogen (secondary N) is 1. The van der Waals surface area contributed by atoms with Crippen molar-refractivity contribution in [2.45, 2.75) is 33.6 Å². The quantitative estimate of drug-likeness (QED) is 0.680. The maximum absolute atomic E-state index is 12.5. The summed E-state index contributed by atoms with van der Waals surface area (Å²) < 4.78 is 4.95. The molecule has 0 fully saturated rings. The summed E-state index contributed by atoms with van der Waals surface area (Å²) in [5, 5.41) is 2.79. The molecule has 7 nitrogen and oxygen atoms in total. The molecule has 1 N–H and O–H groups in total. The molecule has 0 aliphatic heterocycles. The molecule has 0 radical (unpaired) electrons. The van der Waals surface area contributed by atoms with Crippen LogP contribution in [-0.2, 0) is 4.74 Å². The van der Waals surface area contributed by atoms with Crippen molar-refractivity contribution in [3.63, 3.8) is 0 Å². The van der Waals surface area contributed by atoms with Gasteiger partial charge in [0.05, 0.1) is 12.2 Å². The van der Waals surface area contributed by atoms with Crippen LogP contribution in [0, 0.1) is 0 Å². The topological polar surface area (TPSA) is 84.4 Å². The number of aromatic nitrogens is 2. The average molecular weight is 370 g/mol. The Bertz CT molecular complexity index is 756. The predicted octanol–water partition coefficient (Wildman–Crippen LogP) is 3.53.